The number of cyclic esters (lactones) is 1. The summed E-state index contributed by atoms with van der Waals surface area (Å²) in [5, 5.41) is 2.64. The minimum Gasteiger partial charge on any atom is -0.442 e. The Hall–Kier alpha value is -2.35. The minimum absolute atomic E-state index is 0.186. The first-order valence-electron chi connectivity index (χ1n) is 8.88. The molecule has 2 fully saturated rings. The maximum Gasteiger partial charge on any atom is 0.414 e. The summed E-state index contributed by atoms with van der Waals surface area (Å²) in [6.45, 7) is 6.23. The third kappa shape index (κ3) is 3.75. The molecule has 0 saturated carbocycles. The highest BCUT2D eigenvalue weighted by Gasteiger charge is 2.34. The number of halogens is 1. The van der Waals surface area contributed by atoms with Crippen LogP contribution in [0.15, 0.2) is 12.1 Å². The number of hydrogen-bond donors (Lipinski definition) is 1. The van der Waals surface area contributed by atoms with E-state index in [2.05, 4.69) is 5.32 Å². The van der Waals surface area contributed by atoms with Crippen LogP contribution < -0.4 is 15.1 Å². The van der Waals surface area contributed by atoms with Crippen LogP contribution in [0, 0.1) is 5.82 Å². The maximum absolute atomic E-state index is 15.1. The molecule has 8 heteroatoms. The van der Waals surface area contributed by atoms with Crippen molar-refractivity contribution < 1.29 is 23.5 Å². The SMILES string of the molecule is CCc1c(N2CC(CNC(C)=O)OC2=O)ccc(N2CCOCC2)c1F. The Morgan fingerprint density at radius 1 is 1.31 bits per heavy atom. The van der Waals surface area contributed by atoms with Gasteiger partial charge < -0.3 is 19.7 Å². The molecular weight excluding hydrogens is 341 g/mol. The van der Waals surface area contributed by atoms with Gasteiger partial charge in [0.1, 0.15) is 6.10 Å². The normalized spacial score (nSPS) is 20.3. The molecule has 2 aliphatic rings. The molecule has 2 heterocycles. The lowest BCUT2D eigenvalue weighted by Crippen LogP contribution is -2.37. The van der Waals surface area contributed by atoms with Crippen molar-refractivity contribution in [1.82, 2.24) is 5.32 Å². The third-order valence-electron chi connectivity index (χ3n) is 4.65. The van der Waals surface area contributed by atoms with Crippen molar-refractivity contribution in [3.63, 3.8) is 0 Å². The maximum atomic E-state index is 15.1. The van der Waals surface area contributed by atoms with E-state index in [4.69, 9.17) is 9.47 Å². The molecule has 2 aliphatic heterocycles. The number of morpholine rings is 1. The van der Waals surface area contributed by atoms with Gasteiger partial charge in [-0.15, -0.1) is 0 Å². The molecule has 2 saturated heterocycles. The molecule has 7 nitrogen and oxygen atoms in total. The third-order valence-corrected chi connectivity index (χ3v) is 4.65. The van der Waals surface area contributed by atoms with Gasteiger partial charge in [-0.3, -0.25) is 9.69 Å². The Morgan fingerprint density at radius 3 is 2.65 bits per heavy atom. The van der Waals surface area contributed by atoms with Crippen LogP contribution >= 0.6 is 0 Å². The van der Waals surface area contributed by atoms with Crippen molar-refractivity contribution in [3.8, 4) is 0 Å². The molecule has 1 aromatic rings. The van der Waals surface area contributed by atoms with Gasteiger partial charge in [0.2, 0.25) is 5.91 Å². The second-order valence-corrected chi connectivity index (χ2v) is 6.40. The average molecular weight is 365 g/mol. The lowest BCUT2D eigenvalue weighted by molar-refractivity contribution is -0.119. The van der Waals surface area contributed by atoms with Crippen molar-refractivity contribution >= 4 is 23.4 Å². The van der Waals surface area contributed by atoms with Crippen molar-refractivity contribution in [2.24, 2.45) is 0 Å². The van der Waals surface area contributed by atoms with Gasteiger partial charge in [-0.1, -0.05) is 6.92 Å². The summed E-state index contributed by atoms with van der Waals surface area (Å²) < 4.78 is 25.7. The van der Waals surface area contributed by atoms with Gasteiger partial charge in [0, 0.05) is 25.6 Å². The Bertz CT molecular complexity index is 691. The van der Waals surface area contributed by atoms with Crippen LogP contribution in [0.4, 0.5) is 20.6 Å². The van der Waals surface area contributed by atoms with Gasteiger partial charge in [-0.25, -0.2) is 9.18 Å². The second kappa shape index (κ2) is 7.90. The lowest BCUT2D eigenvalue weighted by Gasteiger charge is -2.30. The molecule has 3 rings (SSSR count). The Kier molecular flexibility index (Phi) is 5.61. The van der Waals surface area contributed by atoms with Crippen LogP contribution in [0.2, 0.25) is 0 Å². The first-order chi connectivity index (χ1) is 12.5. The number of rotatable bonds is 5. The lowest BCUT2D eigenvalue weighted by atomic mass is 10.1. The zero-order valence-corrected chi connectivity index (χ0v) is 15.1. The molecule has 0 bridgehead atoms. The Balaban J connectivity index is 1.82. The van der Waals surface area contributed by atoms with E-state index in [9.17, 15) is 9.59 Å². The number of anilines is 2. The number of nitrogens with zero attached hydrogens (tertiary/aromatic N) is 2. The molecule has 1 unspecified atom stereocenters. The molecule has 2 amide bonds. The van der Waals surface area contributed by atoms with Crippen LogP contribution in [0.3, 0.4) is 0 Å². The molecule has 26 heavy (non-hydrogen) atoms. The number of carbonyl (C=O) groups excluding carboxylic acids is 2. The highest BCUT2D eigenvalue weighted by atomic mass is 19.1. The average Bonchev–Trinajstić information content (AvgIpc) is 3.01. The highest BCUT2D eigenvalue weighted by molar-refractivity contribution is 5.91. The number of benzene rings is 1. The van der Waals surface area contributed by atoms with Crippen LogP contribution in [-0.4, -0.2) is 57.5 Å². The number of nitrogens with one attached hydrogen (secondary N) is 1. The molecule has 0 aliphatic carbocycles. The van der Waals surface area contributed by atoms with E-state index in [-0.39, 0.29) is 24.8 Å². The number of carbonyl (C=O) groups is 2. The standard InChI is InChI=1S/C18H24FN3O4/c1-3-14-15(22-11-13(26-18(22)24)10-20-12(2)23)4-5-16(17(14)19)21-6-8-25-9-7-21/h4-5,13H,3,6-11H2,1-2H3,(H,20,23). The van der Waals surface area contributed by atoms with E-state index in [0.29, 0.717) is 49.7 Å². The summed E-state index contributed by atoms with van der Waals surface area (Å²) in [6.07, 6.45) is -0.508. The summed E-state index contributed by atoms with van der Waals surface area (Å²) >= 11 is 0. The van der Waals surface area contributed by atoms with Gasteiger partial charge in [-0.05, 0) is 18.6 Å². The van der Waals surface area contributed by atoms with Crippen molar-refractivity contribution in [1.29, 1.82) is 0 Å². The molecule has 0 aromatic heterocycles. The molecule has 1 aromatic carbocycles. The first-order valence-corrected chi connectivity index (χ1v) is 8.88. The molecule has 0 radical (unpaired) electrons. The predicted molar refractivity (Wildman–Crippen MR) is 95.1 cm³/mol. The topological polar surface area (TPSA) is 71.1 Å². The summed E-state index contributed by atoms with van der Waals surface area (Å²) in [5.74, 6) is -0.486. The molecule has 1 atom stereocenters. The summed E-state index contributed by atoms with van der Waals surface area (Å²) in [5.41, 5.74) is 1.56. The largest absolute Gasteiger partial charge is 0.442 e. The van der Waals surface area contributed by atoms with E-state index in [0.717, 1.165) is 0 Å². The highest BCUT2D eigenvalue weighted by Crippen LogP contribution is 2.33. The fourth-order valence-electron chi connectivity index (χ4n) is 3.32. The van der Waals surface area contributed by atoms with E-state index >= 15 is 4.39 Å². The zero-order chi connectivity index (χ0) is 18.7. The number of ether oxygens (including phenoxy) is 2. The monoisotopic (exact) mass is 365 g/mol. The fraction of sp³-hybridized carbons (Fsp3) is 0.556. The Morgan fingerprint density at radius 2 is 2.00 bits per heavy atom. The smallest absolute Gasteiger partial charge is 0.414 e. The van der Waals surface area contributed by atoms with Crippen LogP contribution in [0.5, 0.6) is 0 Å². The molecule has 0 spiro atoms. The van der Waals surface area contributed by atoms with Gasteiger partial charge in [-0.2, -0.15) is 0 Å². The van der Waals surface area contributed by atoms with Crippen LogP contribution in [-0.2, 0) is 20.7 Å². The van der Waals surface area contributed by atoms with Gasteiger partial charge in [0.05, 0.1) is 37.7 Å². The van der Waals surface area contributed by atoms with Crippen molar-refractivity contribution in [2.75, 3.05) is 49.2 Å². The second-order valence-electron chi connectivity index (χ2n) is 6.40. The number of hydrogen-bond acceptors (Lipinski definition) is 5. The van der Waals surface area contributed by atoms with E-state index in [1.54, 1.807) is 12.1 Å². The Labute approximate surface area is 152 Å². The van der Waals surface area contributed by atoms with Crippen molar-refractivity contribution in [2.45, 2.75) is 26.4 Å². The summed E-state index contributed by atoms with van der Waals surface area (Å²) in [4.78, 5) is 26.7. The zero-order valence-electron chi connectivity index (χ0n) is 15.1. The number of amides is 2. The summed E-state index contributed by atoms with van der Waals surface area (Å²) in [6, 6.07) is 3.48. The quantitative estimate of drug-likeness (QED) is 0.860. The van der Waals surface area contributed by atoms with Crippen LogP contribution in [0.25, 0.3) is 0 Å². The predicted octanol–water partition coefficient (Wildman–Crippen LogP) is 1.69. The van der Waals surface area contributed by atoms with E-state index in [1.165, 1.54) is 11.8 Å². The molecular formula is C18H24FN3O4. The first kappa shape index (κ1) is 18.4. The van der Waals surface area contributed by atoms with Gasteiger partial charge in [0.15, 0.2) is 5.82 Å². The van der Waals surface area contributed by atoms with Gasteiger partial charge >= 0.3 is 6.09 Å². The van der Waals surface area contributed by atoms with Crippen molar-refractivity contribution in [3.05, 3.63) is 23.5 Å². The van der Waals surface area contributed by atoms with E-state index < -0.39 is 12.2 Å². The molecule has 142 valence electrons. The summed E-state index contributed by atoms with van der Waals surface area (Å²) in [7, 11) is 0. The van der Waals surface area contributed by atoms with E-state index in [1.807, 2.05) is 11.8 Å². The van der Waals surface area contributed by atoms with Crippen LogP contribution in [0.1, 0.15) is 19.4 Å². The van der Waals surface area contributed by atoms with Gasteiger partial charge in [0.25, 0.3) is 0 Å². The minimum atomic E-state index is -0.520. The molecule has 1 N–H and O–H groups in total. The fourth-order valence-corrected chi connectivity index (χ4v) is 3.32.